The van der Waals surface area contributed by atoms with Gasteiger partial charge >= 0.3 is 0 Å². The van der Waals surface area contributed by atoms with Gasteiger partial charge in [0.2, 0.25) is 0 Å². The highest BCUT2D eigenvalue weighted by atomic mass is 127. The van der Waals surface area contributed by atoms with E-state index in [1.807, 2.05) is 6.08 Å². The summed E-state index contributed by atoms with van der Waals surface area (Å²) in [5, 5.41) is 0. The molecule has 0 aromatic carbocycles. The summed E-state index contributed by atoms with van der Waals surface area (Å²) in [4.78, 5) is 0. The van der Waals surface area contributed by atoms with Gasteiger partial charge in [0, 0.05) is 0 Å². The molecule has 0 atom stereocenters. The zero-order valence-corrected chi connectivity index (χ0v) is 12.0. The van der Waals surface area contributed by atoms with Crippen LogP contribution in [0.25, 0.3) is 0 Å². The van der Waals surface area contributed by atoms with E-state index in [1.54, 1.807) is 0 Å². The highest BCUT2D eigenvalue weighted by molar-refractivity contribution is 14.1. The second-order valence-electron chi connectivity index (χ2n) is 3.78. The summed E-state index contributed by atoms with van der Waals surface area (Å²) >= 11 is 2.35. The molecule has 0 radical (unpaired) electrons. The van der Waals surface area contributed by atoms with Crippen LogP contribution >= 0.6 is 22.6 Å². The van der Waals surface area contributed by atoms with Crippen LogP contribution in [0.15, 0.2) is 46.1 Å². The average Bonchev–Trinajstić information content (AvgIpc) is 2.17. The first-order valence-electron chi connectivity index (χ1n) is 5.34. The third-order valence-corrected chi connectivity index (χ3v) is 2.65. The van der Waals surface area contributed by atoms with Crippen LogP contribution in [0.3, 0.4) is 0 Å². The maximum Gasteiger partial charge on any atom is -0.0165 e. The lowest BCUT2D eigenvalue weighted by molar-refractivity contribution is 0.933. The van der Waals surface area contributed by atoms with Crippen molar-refractivity contribution in [2.45, 2.75) is 39.5 Å². The SMILES string of the molecule is C=CC(=C)CC/C=C(\C)CC/C=C(/C)I. The first-order chi connectivity index (χ1) is 7.06. The first-order valence-corrected chi connectivity index (χ1v) is 6.42. The van der Waals surface area contributed by atoms with E-state index in [2.05, 4.69) is 61.7 Å². The fraction of sp³-hybridized carbons (Fsp3) is 0.429. The average molecular weight is 316 g/mol. The van der Waals surface area contributed by atoms with Crippen LogP contribution in [0.4, 0.5) is 0 Å². The number of hydrogen-bond acceptors (Lipinski definition) is 0. The molecule has 0 amide bonds. The standard InChI is InChI=1S/C14H21I/c1-5-12(2)8-6-9-13(3)10-7-11-14(4)15/h5,9,11H,1-2,6-8,10H2,3-4H3/b13-9+,14-11-. The van der Waals surface area contributed by atoms with Crippen LogP contribution in [0.2, 0.25) is 0 Å². The predicted molar refractivity (Wildman–Crippen MR) is 79.3 cm³/mol. The normalized spacial score (nSPS) is 12.7. The molecule has 0 unspecified atom stereocenters. The Morgan fingerprint density at radius 1 is 1.13 bits per heavy atom. The number of allylic oxidation sites excluding steroid dienone is 6. The Labute approximate surface area is 108 Å². The van der Waals surface area contributed by atoms with Crippen molar-refractivity contribution in [3.05, 3.63) is 46.1 Å². The van der Waals surface area contributed by atoms with Gasteiger partial charge in [0.1, 0.15) is 0 Å². The van der Waals surface area contributed by atoms with Crippen molar-refractivity contribution in [3.63, 3.8) is 0 Å². The minimum Gasteiger partial charge on any atom is -0.0988 e. The molecule has 84 valence electrons. The molecule has 0 fully saturated rings. The molecule has 0 saturated heterocycles. The Bertz CT molecular complexity index is 265. The number of halogens is 1. The van der Waals surface area contributed by atoms with Crippen LogP contribution in [0.1, 0.15) is 39.5 Å². The molecule has 0 bridgehead atoms. The van der Waals surface area contributed by atoms with Crippen molar-refractivity contribution >= 4 is 22.6 Å². The van der Waals surface area contributed by atoms with E-state index < -0.39 is 0 Å². The molecule has 0 aliphatic rings. The van der Waals surface area contributed by atoms with Crippen molar-refractivity contribution < 1.29 is 0 Å². The van der Waals surface area contributed by atoms with Crippen LogP contribution in [0, 0.1) is 0 Å². The van der Waals surface area contributed by atoms with Crippen LogP contribution in [0.5, 0.6) is 0 Å². The van der Waals surface area contributed by atoms with Gasteiger partial charge in [0.15, 0.2) is 0 Å². The van der Waals surface area contributed by atoms with Gasteiger partial charge < -0.3 is 0 Å². The van der Waals surface area contributed by atoms with Gasteiger partial charge in [-0.05, 0) is 65.7 Å². The molecule has 0 aliphatic carbocycles. The molecular weight excluding hydrogens is 295 g/mol. The van der Waals surface area contributed by atoms with Gasteiger partial charge in [-0.3, -0.25) is 0 Å². The number of rotatable bonds is 7. The van der Waals surface area contributed by atoms with Crippen molar-refractivity contribution in [1.29, 1.82) is 0 Å². The fourth-order valence-corrected chi connectivity index (χ4v) is 1.52. The monoisotopic (exact) mass is 316 g/mol. The Hall–Kier alpha value is -0.310. The zero-order valence-electron chi connectivity index (χ0n) is 9.85. The van der Waals surface area contributed by atoms with Gasteiger partial charge in [-0.2, -0.15) is 0 Å². The lowest BCUT2D eigenvalue weighted by Crippen LogP contribution is -1.79. The second kappa shape index (κ2) is 8.96. The van der Waals surface area contributed by atoms with Crippen molar-refractivity contribution in [3.8, 4) is 0 Å². The van der Waals surface area contributed by atoms with E-state index in [4.69, 9.17) is 0 Å². The third-order valence-electron chi connectivity index (χ3n) is 2.21. The van der Waals surface area contributed by atoms with E-state index >= 15 is 0 Å². The quantitative estimate of drug-likeness (QED) is 0.327. The molecule has 0 aliphatic heterocycles. The van der Waals surface area contributed by atoms with E-state index in [0.717, 1.165) is 24.8 Å². The topological polar surface area (TPSA) is 0 Å². The summed E-state index contributed by atoms with van der Waals surface area (Å²) in [5.41, 5.74) is 2.60. The molecule has 0 nitrogen and oxygen atoms in total. The predicted octanol–water partition coefficient (Wildman–Crippen LogP) is 5.57. The van der Waals surface area contributed by atoms with Gasteiger partial charge in [0.25, 0.3) is 0 Å². The van der Waals surface area contributed by atoms with Crippen molar-refractivity contribution in [1.82, 2.24) is 0 Å². The van der Waals surface area contributed by atoms with Gasteiger partial charge in [-0.1, -0.05) is 42.5 Å². The molecule has 1 heteroatoms. The molecule has 0 aromatic heterocycles. The van der Waals surface area contributed by atoms with E-state index in [1.165, 1.54) is 15.6 Å². The van der Waals surface area contributed by atoms with Gasteiger partial charge in [0.05, 0.1) is 0 Å². The largest absolute Gasteiger partial charge is 0.0988 e. The summed E-state index contributed by atoms with van der Waals surface area (Å²) in [6, 6.07) is 0. The maximum atomic E-state index is 3.90. The summed E-state index contributed by atoms with van der Waals surface area (Å²) in [7, 11) is 0. The lowest BCUT2D eigenvalue weighted by Gasteiger charge is -1.99. The minimum atomic E-state index is 1.03. The molecular formula is C14H21I. The summed E-state index contributed by atoms with van der Waals surface area (Å²) in [5.74, 6) is 0. The Kier molecular flexibility index (Phi) is 8.77. The van der Waals surface area contributed by atoms with E-state index in [-0.39, 0.29) is 0 Å². The number of hydrogen-bond donors (Lipinski definition) is 0. The van der Waals surface area contributed by atoms with Crippen LogP contribution in [-0.2, 0) is 0 Å². The Balaban J connectivity index is 3.74. The molecule has 0 spiro atoms. The Morgan fingerprint density at radius 2 is 1.73 bits per heavy atom. The van der Waals surface area contributed by atoms with Gasteiger partial charge in [-0.15, -0.1) is 0 Å². The van der Waals surface area contributed by atoms with Gasteiger partial charge in [-0.25, -0.2) is 0 Å². The molecule has 0 heterocycles. The molecule has 0 saturated carbocycles. The van der Waals surface area contributed by atoms with E-state index in [0.29, 0.717) is 0 Å². The maximum absolute atomic E-state index is 3.90. The summed E-state index contributed by atoms with van der Waals surface area (Å²) in [6.45, 7) is 11.9. The summed E-state index contributed by atoms with van der Waals surface area (Å²) < 4.78 is 1.38. The third kappa shape index (κ3) is 9.98. The zero-order chi connectivity index (χ0) is 11.7. The molecule has 0 N–H and O–H groups in total. The molecule has 15 heavy (non-hydrogen) atoms. The van der Waals surface area contributed by atoms with Crippen LogP contribution in [-0.4, -0.2) is 0 Å². The smallest absolute Gasteiger partial charge is 0.0165 e. The highest BCUT2D eigenvalue weighted by Crippen LogP contribution is 2.12. The molecule has 0 aromatic rings. The van der Waals surface area contributed by atoms with Crippen molar-refractivity contribution in [2.75, 3.05) is 0 Å². The first kappa shape index (κ1) is 14.7. The molecule has 0 rings (SSSR count). The highest BCUT2D eigenvalue weighted by Gasteiger charge is 1.90. The fourth-order valence-electron chi connectivity index (χ4n) is 1.21. The summed E-state index contributed by atoms with van der Waals surface area (Å²) in [6.07, 6.45) is 10.9. The van der Waals surface area contributed by atoms with Crippen molar-refractivity contribution in [2.24, 2.45) is 0 Å². The second-order valence-corrected chi connectivity index (χ2v) is 5.48. The van der Waals surface area contributed by atoms with Crippen LogP contribution < -0.4 is 0 Å². The minimum absolute atomic E-state index is 1.03. The Morgan fingerprint density at radius 3 is 2.27 bits per heavy atom. The van der Waals surface area contributed by atoms with E-state index in [9.17, 15) is 0 Å². The lowest BCUT2D eigenvalue weighted by atomic mass is 10.1.